The molecule has 0 spiro atoms. The molecule has 0 saturated heterocycles. The summed E-state index contributed by atoms with van der Waals surface area (Å²) in [6, 6.07) is 12.5. The van der Waals surface area contributed by atoms with Crippen LogP contribution in [0.5, 0.6) is 0 Å². The Hall–Kier alpha value is -3.00. The van der Waals surface area contributed by atoms with Crippen molar-refractivity contribution in [3.63, 3.8) is 0 Å². The van der Waals surface area contributed by atoms with Gasteiger partial charge in [0.25, 0.3) is 11.8 Å². The SMILES string of the molecule is CCOC(=O)N=[S@](C)(=O)c1ccc(N2C(=O)c3ccccc3C2=O)cc1. The first kappa shape index (κ1) is 17.8. The lowest BCUT2D eigenvalue weighted by atomic mass is 10.1. The number of hydrogen-bond donors (Lipinski definition) is 0. The number of ether oxygens (including phenoxy) is 1. The van der Waals surface area contributed by atoms with E-state index in [4.69, 9.17) is 0 Å². The number of carbonyl (C=O) groups excluding carboxylic acids is 3. The molecule has 3 amide bonds. The molecule has 8 heteroatoms. The van der Waals surface area contributed by atoms with Crippen LogP contribution in [0, 0.1) is 0 Å². The summed E-state index contributed by atoms with van der Waals surface area (Å²) in [6.07, 6.45) is 0.422. The van der Waals surface area contributed by atoms with Gasteiger partial charge in [0.2, 0.25) is 0 Å². The second-order valence-electron chi connectivity index (χ2n) is 5.58. The molecule has 0 aromatic heterocycles. The highest BCUT2D eigenvalue weighted by atomic mass is 32.2. The van der Waals surface area contributed by atoms with Gasteiger partial charge in [-0.1, -0.05) is 12.1 Å². The van der Waals surface area contributed by atoms with Gasteiger partial charge in [-0.25, -0.2) is 13.9 Å². The quantitative estimate of drug-likeness (QED) is 0.772. The summed E-state index contributed by atoms with van der Waals surface area (Å²) >= 11 is 0. The zero-order chi connectivity index (χ0) is 18.9. The van der Waals surface area contributed by atoms with Crippen LogP contribution in [0.4, 0.5) is 10.5 Å². The average molecular weight is 372 g/mol. The summed E-state index contributed by atoms with van der Waals surface area (Å²) in [7, 11) is -2.99. The van der Waals surface area contributed by atoms with Gasteiger partial charge in [0.05, 0.1) is 33.2 Å². The van der Waals surface area contributed by atoms with E-state index >= 15 is 0 Å². The van der Waals surface area contributed by atoms with Crippen LogP contribution in [-0.4, -0.2) is 35.0 Å². The van der Waals surface area contributed by atoms with Crippen LogP contribution in [0.25, 0.3) is 0 Å². The average Bonchev–Trinajstić information content (AvgIpc) is 2.86. The molecule has 7 nitrogen and oxygen atoms in total. The second-order valence-corrected chi connectivity index (χ2v) is 7.84. The molecule has 1 aliphatic rings. The maximum atomic E-state index is 12.6. The van der Waals surface area contributed by atoms with Crippen LogP contribution in [0.15, 0.2) is 57.8 Å². The predicted octanol–water partition coefficient (Wildman–Crippen LogP) is 3.10. The normalized spacial score (nSPS) is 15.4. The Labute approximate surface area is 150 Å². The van der Waals surface area contributed by atoms with Crippen molar-refractivity contribution in [2.75, 3.05) is 17.8 Å². The van der Waals surface area contributed by atoms with Crippen molar-refractivity contribution >= 4 is 33.3 Å². The summed E-state index contributed by atoms with van der Waals surface area (Å²) in [4.78, 5) is 37.8. The van der Waals surface area contributed by atoms with Crippen molar-refractivity contribution in [1.82, 2.24) is 0 Å². The molecule has 134 valence electrons. The molecule has 1 aliphatic heterocycles. The molecule has 1 heterocycles. The van der Waals surface area contributed by atoms with Crippen LogP contribution >= 0.6 is 0 Å². The Morgan fingerprint density at radius 1 is 1.04 bits per heavy atom. The number of anilines is 1. The summed E-state index contributed by atoms with van der Waals surface area (Å²) in [6.45, 7) is 1.76. The molecule has 1 atom stereocenters. The topological polar surface area (TPSA) is 93.1 Å². The Morgan fingerprint density at radius 2 is 1.58 bits per heavy atom. The minimum absolute atomic E-state index is 0.135. The molecule has 2 aromatic rings. The van der Waals surface area contributed by atoms with E-state index in [0.29, 0.717) is 21.7 Å². The number of hydrogen-bond acceptors (Lipinski definition) is 5. The van der Waals surface area contributed by atoms with Gasteiger partial charge in [0.1, 0.15) is 0 Å². The fourth-order valence-corrected chi connectivity index (χ4v) is 3.70. The van der Waals surface area contributed by atoms with Gasteiger partial charge in [-0.3, -0.25) is 9.59 Å². The first-order chi connectivity index (χ1) is 12.3. The summed E-state index contributed by atoms with van der Waals surface area (Å²) in [5.41, 5.74) is 1.04. The first-order valence-electron chi connectivity index (χ1n) is 7.82. The highest BCUT2D eigenvalue weighted by Crippen LogP contribution is 2.29. The van der Waals surface area contributed by atoms with Gasteiger partial charge in [-0.2, -0.15) is 0 Å². The molecule has 3 rings (SSSR count). The van der Waals surface area contributed by atoms with Gasteiger partial charge in [-0.15, -0.1) is 4.36 Å². The minimum atomic E-state index is -2.99. The van der Waals surface area contributed by atoms with Gasteiger partial charge in [0.15, 0.2) is 0 Å². The Bertz CT molecular complexity index is 985. The van der Waals surface area contributed by atoms with Crippen molar-refractivity contribution in [1.29, 1.82) is 0 Å². The maximum absolute atomic E-state index is 12.6. The molecular formula is C18H16N2O5S. The molecule has 0 radical (unpaired) electrons. The third kappa shape index (κ3) is 3.11. The van der Waals surface area contributed by atoms with Crippen LogP contribution in [0.2, 0.25) is 0 Å². The molecule has 0 aliphatic carbocycles. The Morgan fingerprint density at radius 3 is 2.08 bits per heavy atom. The standard InChI is InChI=1S/C18H16N2O5S/c1-3-25-18(23)19-26(2,24)13-10-8-12(9-11-13)20-16(21)14-6-4-5-7-15(14)17(20)22/h4-11H,3H2,1-2H3/t26-/m1/s1. The van der Waals surface area contributed by atoms with Crippen molar-refractivity contribution in [3.8, 4) is 0 Å². The molecular weight excluding hydrogens is 356 g/mol. The second kappa shape index (κ2) is 6.72. The largest absolute Gasteiger partial charge is 0.448 e. The van der Waals surface area contributed by atoms with Gasteiger partial charge in [-0.05, 0) is 43.3 Å². The first-order valence-corrected chi connectivity index (χ1v) is 9.74. The third-order valence-corrected chi connectivity index (χ3v) is 5.49. The van der Waals surface area contributed by atoms with Crippen LogP contribution in [0.3, 0.4) is 0 Å². The predicted molar refractivity (Wildman–Crippen MR) is 95.8 cm³/mol. The Balaban J connectivity index is 1.92. The molecule has 26 heavy (non-hydrogen) atoms. The van der Waals surface area contributed by atoms with Gasteiger partial charge < -0.3 is 4.74 Å². The number of rotatable bonds is 3. The summed E-state index contributed by atoms with van der Waals surface area (Å²) in [5.74, 6) is -0.821. The van der Waals surface area contributed by atoms with Crippen molar-refractivity contribution in [3.05, 3.63) is 59.7 Å². The van der Waals surface area contributed by atoms with Crippen LogP contribution in [0.1, 0.15) is 27.6 Å². The zero-order valence-electron chi connectivity index (χ0n) is 14.2. The van der Waals surface area contributed by atoms with E-state index in [1.807, 2.05) is 0 Å². The lowest BCUT2D eigenvalue weighted by Crippen LogP contribution is -2.29. The smallest absolute Gasteiger partial charge is 0.442 e. The van der Waals surface area contributed by atoms with E-state index in [2.05, 4.69) is 9.10 Å². The number of amides is 3. The molecule has 2 aromatic carbocycles. The zero-order valence-corrected chi connectivity index (χ0v) is 15.0. The molecule has 0 bridgehead atoms. The van der Waals surface area contributed by atoms with E-state index in [9.17, 15) is 18.6 Å². The molecule has 0 unspecified atom stereocenters. The monoisotopic (exact) mass is 372 g/mol. The van der Waals surface area contributed by atoms with Crippen LogP contribution in [-0.2, 0) is 14.5 Å². The highest BCUT2D eigenvalue weighted by molar-refractivity contribution is 7.93. The van der Waals surface area contributed by atoms with Crippen molar-refractivity contribution < 1.29 is 23.3 Å². The number of benzene rings is 2. The van der Waals surface area contributed by atoms with Gasteiger partial charge >= 0.3 is 6.09 Å². The van der Waals surface area contributed by atoms with Gasteiger partial charge in [0, 0.05) is 11.2 Å². The fourth-order valence-electron chi connectivity index (χ4n) is 2.62. The van der Waals surface area contributed by atoms with Crippen molar-refractivity contribution in [2.24, 2.45) is 4.36 Å². The van der Waals surface area contributed by atoms with Crippen LogP contribution < -0.4 is 4.90 Å². The van der Waals surface area contributed by atoms with Crippen molar-refractivity contribution in [2.45, 2.75) is 11.8 Å². The number of nitrogens with zero attached hydrogens (tertiary/aromatic N) is 2. The van der Waals surface area contributed by atoms with E-state index in [0.717, 1.165) is 4.90 Å². The third-order valence-electron chi connectivity index (χ3n) is 3.84. The fraction of sp³-hybridized carbons (Fsp3) is 0.167. The summed E-state index contributed by atoms with van der Waals surface area (Å²) < 4.78 is 20.9. The lowest BCUT2D eigenvalue weighted by molar-refractivity contribution is 0.0926. The lowest BCUT2D eigenvalue weighted by Gasteiger charge is -2.14. The number of imide groups is 1. The van der Waals surface area contributed by atoms with E-state index in [1.54, 1.807) is 31.2 Å². The molecule has 0 saturated carbocycles. The molecule has 0 fully saturated rings. The van der Waals surface area contributed by atoms with E-state index < -0.39 is 27.6 Å². The van der Waals surface area contributed by atoms with E-state index in [1.165, 1.54) is 30.5 Å². The minimum Gasteiger partial charge on any atom is -0.448 e. The van der Waals surface area contributed by atoms with E-state index in [-0.39, 0.29) is 6.61 Å². The molecule has 0 N–H and O–H groups in total. The highest BCUT2D eigenvalue weighted by Gasteiger charge is 2.36. The number of fused-ring (bicyclic) bond motifs is 1. The Kier molecular flexibility index (Phi) is 4.60. The summed E-state index contributed by atoms with van der Waals surface area (Å²) in [5, 5.41) is 0. The number of carbonyl (C=O) groups is 3. The maximum Gasteiger partial charge on any atom is 0.442 e.